The molecule has 0 bridgehead atoms. The van der Waals surface area contributed by atoms with Crippen LogP contribution in [0.4, 0.5) is 0 Å². The van der Waals surface area contributed by atoms with Gasteiger partial charge < -0.3 is 13.8 Å². The smallest absolute Gasteiger partial charge is 0.330 e. The third-order valence-corrected chi connectivity index (χ3v) is 5.47. The highest BCUT2D eigenvalue weighted by molar-refractivity contribution is 7.53. The fourth-order valence-corrected chi connectivity index (χ4v) is 3.69. The van der Waals surface area contributed by atoms with Gasteiger partial charge in [0.2, 0.25) is 0 Å². The molecule has 0 fully saturated rings. The van der Waals surface area contributed by atoms with E-state index >= 15 is 0 Å². The number of benzene rings is 1. The zero-order valence-corrected chi connectivity index (χ0v) is 13.9. The molecule has 0 N–H and O–H groups in total. The lowest BCUT2D eigenvalue weighted by Crippen LogP contribution is -2.09. The van der Waals surface area contributed by atoms with E-state index in [2.05, 4.69) is 6.92 Å². The predicted molar refractivity (Wildman–Crippen MR) is 82.5 cm³/mol. The summed E-state index contributed by atoms with van der Waals surface area (Å²) in [4.78, 5) is 10.9. The van der Waals surface area contributed by atoms with Gasteiger partial charge in [0.25, 0.3) is 0 Å². The predicted octanol–water partition coefficient (Wildman–Crippen LogP) is 3.88. The molecular formula is C15H23O5P. The molecule has 0 aliphatic heterocycles. The normalized spacial score (nSPS) is 13.0. The van der Waals surface area contributed by atoms with E-state index in [9.17, 15) is 9.36 Å². The van der Waals surface area contributed by atoms with Crippen molar-refractivity contribution in [1.29, 1.82) is 0 Å². The SMILES string of the molecule is CCCC(CP(=O)(OC)OC)c1ccc(C=O)cc1OC. The van der Waals surface area contributed by atoms with Crippen LogP contribution in [0.2, 0.25) is 0 Å². The van der Waals surface area contributed by atoms with Crippen LogP contribution in [0, 0.1) is 0 Å². The first-order valence-corrected chi connectivity index (χ1v) is 8.60. The number of ether oxygens (including phenoxy) is 1. The van der Waals surface area contributed by atoms with Crippen LogP contribution in [0.25, 0.3) is 0 Å². The number of carbonyl (C=O) groups is 1. The lowest BCUT2D eigenvalue weighted by Gasteiger charge is -2.23. The van der Waals surface area contributed by atoms with Crippen molar-refractivity contribution in [2.45, 2.75) is 25.7 Å². The van der Waals surface area contributed by atoms with E-state index in [4.69, 9.17) is 13.8 Å². The first-order valence-electron chi connectivity index (χ1n) is 6.87. The largest absolute Gasteiger partial charge is 0.496 e. The maximum atomic E-state index is 12.4. The second kappa shape index (κ2) is 8.32. The average Bonchev–Trinajstić information content (AvgIpc) is 2.53. The van der Waals surface area contributed by atoms with Gasteiger partial charge >= 0.3 is 7.60 Å². The van der Waals surface area contributed by atoms with Gasteiger partial charge in [-0.25, -0.2) is 0 Å². The topological polar surface area (TPSA) is 61.8 Å². The number of carbonyl (C=O) groups excluding carboxylic acids is 1. The van der Waals surface area contributed by atoms with Crippen molar-refractivity contribution >= 4 is 13.9 Å². The van der Waals surface area contributed by atoms with Crippen molar-refractivity contribution in [3.05, 3.63) is 29.3 Å². The fourth-order valence-electron chi connectivity index (χ4n) is 2.33. The first-order chi connectivity index (χ1) is 10.0. The van der Waals surface area contributed by atoms with Gasteiger partial charge in [0.1, 0.15) is 12.0 Å². The molecule has 0 aliphatic rings. The fraction of sp³-hybridized carbons (Fsp3) is 0.533. The maximum Gasteiger partial charge on any atom is 0.330 e. The van der Waals surface area contributed by atoms with Crippen molar-refractivity contribution in [2.24, 2.45) is 0 Å². The number of hydrogen-bond acceptors (Lipinski definition) is 5. The highest BCUT2D eigenvalue weighted by Crippen LogP contribution is 2.51. The summed E-state index contributed by atoms with van der Waals surface area (Å²) in [6.45, 7) is 2.06. The highest BCUT2D eigenvalue weighted by Gasteiger charge is 2.29. The van der Waals surface area contributed by atoms with Gasteiger partial charge in [0.15, 0.2) is 0 Å². The Morgan fingerprint density at radius 2 is 1.90 bits per heavy atom. The third kappa shape index (κ3) is 4.67. The Morgan fingerprint density at radius 1 is 1.24 bits per heavy atom. The Morgan fingerprint density at radius 3 is 2.38 bits per heavy atom. The van der Waals surface area contributed by atoms with Gasteiger partial charge in [-0.15, -0.1) is 0 Å². The second-order valence-electron chi connectivity index (χ2n) is 4.76. The van der Waals surface area contributed by atoms with Crippen LogP contribution in [0.1, 0.15) is 41.6 Å². The number of hydrogen-bond donors (Lipinski definition) is 0. The van der Waals surface area contributed by atoms with Crippen LogP contribution < -0.4 is 4.74 Å². The molecule has 1 unspecified atom stereocenters. The van der Waals surface area contributed by atoms with Gasteiger partial charge in [-0.2, -0.15) is 0 Å². The molecule has 0 aliphatic carbocycles. The second-order valence-corrected chi connectivity index (χ2v) is 7.08. The molecule has 0 spiro atoms. The Kier molecular flexibility index (Phi) is 7.09. The molecule has 1 aromatic rings. The summed E-state index contributed by atoms with van der Waals surface area (Å²) in [6.07, 6.45) is 2.81. The van der Waals surface area contributed by atoms with E-state index in [1.165, 1.54) is 14.2 Å². The number of aldehydes is 1. The summed E-state index contributed by atoms with van der Waals surface area (Å²) in [5.74, 6) is 0.605. The molecule has 0 heterocycles. The molecule has 6 heteroatoms. The lowest BCUT2D eigenvalue weighted by atomic mass is 9.94. The molecule has 0 aromatic heterocycles. The molecule has 1 aromatic carbocycles. The number of methoxy groups -OCH3 is 1. The van der Waals surface area contributed by atoms with Crippen molar-refractivity contribution < 1.29 is 23.1 Å². The van der Waals surface area contributed by atoms with Crippen molar-refractivity contribution in [3.8, 4) is 5.75 Å². The quantitative estimate of drug-likeness (QED) is 0.511. The third-order valence-electron chi connectivity index (χ3n) is 3.47. The Balaban J connectivity index is 3.16. The Hall–Kier alpha value is -1.16. The Bertz CT molecular complexity index is 507. The average molecular weight is 314 g/mol. The van der Waals surface area contributed by atoms with Crippen LogP contribution >= 0.6 is 7.60 Å². The molecule has 21 heavy (non-hydrogen) atoms. The minimum atomic E-state index is -3.11. The van der Waals surface area contributed by atoms with Crippen molar-refractivity contribution in [3.63, 3.8) is 0 Å². The van der Waals surface area contributed by atoms with Crippen LogP contribution in [-0.2, 0) is 13.6 Å². The monoisotopic (exact) mass is 314 g/mol. The van der Waals surface area contributed by atoms with Crippen LogP contribution in [0.3, 0.4) is 0 Å². The van der Waals surface area contributed by atoms with Gasteiger partial charge in [0.05, 0.1) is 13.3 Å². The summed E-state index contributed by atoms with van der Waals surface area (Å²) in [5, 5.41) is 0. The van der Waals surface area contributed by atoms with E-state index in [-0.39, 0.29) is 12.1 Å². The van der Waals surface area contributed by atoms with Crippen molar-refractivity contribution in [2.75, 3.05) is 27.5 Å². The van der Waals surface area contributed by atoms with Gasteiger partial charge in [0, 0.05) is 19.8 Å². The molecule has 0 saturated carbocycles. The molecule has 0 radical (unpaired) electrons. The molecule has 5 nitrogen and oxygen atoms in total. The zero-order chi connectivity index (χ0) is 15.9. The summed E-state index contributed by atoms with van der Waals surface area (Å²) in [5.41, 5.74) is 1.46. The van der Waals surface area contributed by atoms with E-state index in [0.717, 1.165) is 24.7 Å². The van der Waals surface area contributed by atoms with Crippen LogP contribution in [0.15, 0.2) is 18.2 Å². The molecule has 0 amide bonds. The molecule has 118 valence electrons. The van der Waals surface area contributed by atoms with E-state index in [0.29, 0.717) is 11.3 Å². The van der Waals surface area contributed by atoms with Crippen LogP contribution in [-0.4, -0.2) is 33.8 Å². The van der Waals surface area contributed by atoms with E-state index < -0.39 is 7.60 Å². The minimum Gasteiger partial charge on any atom is -0.496 e. The molecule has 0 saturated heterocycles. The summed E-state index contributed by atoms with van der Waals surface area (Å²) in [7, 11) is 1.23. The first kappa shape index (κ1) is 17.9. The van der Waals surface area contributed by atoms with E-state index in [1.807, 2.05) is 6.07 Å². The molecular weight excluding hydrogens is 291 g/mol. The van der Waals surface area contributed by atoms with Gasteiger partial charge in [-0.1, -0.05) is 25.5 Å². The highest BCUT2D eigenvalue weighted by atomic mass is 31.2. The lowest BCUT2D eigenvalue weighted by molar-refractivity contribution is 0.112. The zero-order valence-electron chi connectivity index (χ0n) is 13.0. The summed E-state index contributed by atoms with van der Waals surface area (Å²) < 4.78 is 27.8. The minimum absolute atomic E-state index is 0.0172. The number of rotatable bonds is 9. The summed E-state index contributed by atoms with van der Waals surface area (Å²) >= 11 is 0. The van der Waals surface area contributed by atoms with E-state index in [1.54, 1.807) is 19.2 Å². The maximum absolute atomic E-state index is 12.4. The van der Waals surface area contributed by atoms with Gasteiger partial charge in [-0.3, -0.25) is 9.36 Å². The van der Waals surface area contributed by atoms with Crippen molar-refractivity contribution in [1.82, 2.24) is 0 Å². The molecule has 1 atom stereocenters. The Labute approximate surface area is 126 Å². The standard InChI is InChI=1S/C15H23O5P/c1-5-6-13(11-21(17,19-3)20-4)14-8-7-12(10-16)9-15(14)18-2/h7-10,13H,5-6,11H2,1-4H3. The van der Waals surface area contributed by atoms with Crippen LogP contribution in [0.5, 0.6) is 5.75 Å². The van der Waals surface area contributed by atoms with Gasteiger partial charge in [-0.05, 0) is 24.0 Å². The summed E-state index contributed by atoms with van der Waals surface area (Å²) in [6, 6.07) is 5.27. The molecule has 1 rings (SSSR count).